The number of esters is 2. The summed E-state index contributed by atoms with van der Waals surface area (Å²) in [6.07, 6.45) is 5.53. The summed E-state index contributed by atoms with van der Waals surface area (Å²) in [5, 5.41) is 0. The third-order valence-corrected chi connectivity index (χ3v) is 2.39. The molecule has 0 unspecified atom stereocenters. The minimum atomic E-state index is -0.802. The van der Waals surface area contributed by atoms with Gasteiger partial charge in [0.15, 0.2) is 5.92 Å². The van der Waals surface area contributed by atoms with E-state index in [1.54, 1.807) is 0 Å². The summed E-state index contributed by atoms with van der Waals surface area (Å²) in [7, 11) is 2.55. The van der Waals surface area contributed by atoms with Gasteiger partial charge in [-0.25, -0.2) is 0 Å². The molecule has 0 aromatic heterocycles. The van der Waals surface area contributed by atoms with Crippen molar-refractivity contribution in [3.63, 3.8) is 0 Å². The molecule has 0 fully saturated rings. The van der Waals surface area contributed by atoms with Crippen LogP contribution in [0.4, 0.5) is 0 Å². The highest BCUT2D eigenvalue weighted by molar-refractivity contribution is 5.95. The Kier molecular flexibility index (Phi) is 3.68. The van der Waals surface area contributed by atoms with Crippen LogP contribution in [0.2, 0.25) is 0 Å². The van der Waals surface area contributed by atoms with E-state index in [0.29, 0.717) is 0 Å². The first-order chi connectivity index (χ1) is 6.70. The smallest absolute Gasteiger partial charge is 0.320 e. The molecule has 4 nitrogen and oxygen atoms in total. The molecule has 1 aliphatic rings. The molecule has 0 heterocycles. The van der Waals surface area contributed by atoms with Gasteiger partial charge in [-0.1, -0.05) is 12.2 Å². The molecule has 0 spiro atoms. The zero-order valence-electron chi connectivity index (χ0n) is 8.36. The van der Waals surface area contributed by atoms with Crippen LogP contribution in [0.3, 0.4) is 0 Å². The predicted octanol–water partition coefficient (Wildman–Crippen LogP) is 0.915. The van der Waals surface area contributed by atoms with Crippen LogP contribution in [0.5, 0.6) is 0 Å². The van der Waals surface area contributed by atoms with E-state index in [0.717, 1.165) is 12.8 Å². The number of carbonyl (C=O) groups excluding carboxylic acids is 2. The summed E-state index contributed by atoms with van der Waals surface area (Å²) >= 11 is 0. The molecule has 0 saturated carbocycles. The van der Waals surface area contributed by atoms with Crippen molar-refractivity contribution >= 4 is 11.9 Å². The van der Waals surface area contributed by atoms with E-state index in [-0.39, 0.29) is 5.92 Å². The lowest BCUT2D eigenvalue weighted by Gasteiger charge is -2.17. The Bertz CT molecular complexity index is 241. The molecule has 1 rings (SSSR count). The Hall–Kier alpha value is -1.32. The molecule has 0 saturated heterocycles. The SMILES string of the molecule is COC(=O)C(C(=O)OC)[C@@H]1C=CCC1. The average molecular weight is 198 g/mol. The largest absolute Gasteiger partial charge is 0.468 e. The second kappa shape index (κ2) is 4.79. The van der Waals surface area contributed by atoms with Gasteiger partial charge >= 0.3 is 11.9 Å². The average Bonchev–Trinajstić information content (AvgIpc) is 2.70. The van der Waals surface area contributed by atoms with Crippen molar-refractivity contribution in [3.8, 4) is 0 Å². The maximum absolute atomic E-state index is 11.3. The van der Waals surface area contributed by atoms with Crippen molar-refractivity contribution in [2.45, 2.75) is 12.8 Å². The van der Waals surface area contributed by atoms with Crippen molar-refractivity contribution in [1.82, 2.24) is 0 Å². The highest BCUT2D eigenvalue weighted by Crippen LogP contribution is 2.27. The van der Waals surface area contributed by atoms with Gasteiger partial charge in [-0.3, -0.25) is 9.59 Å². The first-order valence-corrected chi connectivity index (χ1v) is 4.53. The van der Waals surface area contributed by atoms with Gasteiger partial charge in [0.05, 0.1) is 14.2 Å². The molecule has 0 aromatic carbocycles. The summed E-state index contributed by atoms with van der Waals surface area (Å²) in [6, 6.07) is 0. The van der Waals surface area contributed by atoms with E-state index >= 15 is 0 Å². The molecule has 1 aliphatic carbocycles. The first kappa shape index (κ1) is 10.8. The molecule has 0 N–H and O–H groups in total. The van der Waals surface area contributed by atoms with Crippen LogP contribution >= 0.6 is 0 Å². The van der Waals surface area contributed by atoms with Gasteiger partial charge < -0.3 is 9.47 Å². The second-order valence-corrected chi connectivity index (χ2v) is 3.19. The third-order valence-electron chi connectivity index (χ3n) is 2.39. The van der Waals surface area contributed by atoms with E-state index in [1.807, 2.05) is 12.2 Å². The Labute approximate surface area is 82.9 Å². The van der Waals surface area contributed by atoms with Crippen molar-refractivity contribution < 1.29 is 19.1 Å². The quantitative estimate of drug-likeness (QED) is 0.384. The fourth-order valence-electron chi connectivity index (χ4n) is 1.63. The fraction of sp³-hybridized carbons (Fsp3) is 0.600. The zero-order chi connectivity index (χ0) is 10.6. The maximum atomic E-state index is 11.3. The summed E-state index contributed by atoms with van der Waals surface area (Å²) in [4.78, 5) is 22.7. The lowest BCUT2D eigenvalue weighted by Crippen LogP contribution is -2.31. The normalized spacial score (nSPS) is 19.8. The van der Waals surface area contributed by atoms with Crippen molar-refractivity contribution in [2.24, 2.45) is 11.8 Å². The fourth-order valence-corrected chi connectivity index (χ4v) is 1.63. The van der Waals surface area contributed by atoms with Crippen LogP contribution in [0, 0.1) is 11.8 Å². The Balaban J connectivity index is 2.75. The van der Waals surface area contributed by atoms with E-state index in [1.165, 1.54) is 14.2 Å². The number of rotatable bonds is 3. The van der Waals surface area contributed by atoms with Crippen molar-refractivity contribution in [1.29, 1.82) is 0 Å². The molecule has 4 heteroatoms. The monoisotopic (exact) mass is 198 g/mol. The molecular weight excluding hydrogens is 184 g/mol. The third kappa shape index (κ3) is 2.13. The van der Waals surface area contributed by atoms with E-state index in [4.69, 9.17) is 0 Å². The molecule has 0 aliphatic heterocycles. The number of carbonyl (C=O) groups is 2. The van der Waals surface area contributed by atoms with Crippen LogP contribution in [0.25, 0.3) is 0 Å². The lowest BCUT2D eigenvalue weighted by atomic mass is 9.92. The van der Waals surface area contributed by atoms with Crippen LogP contribution in [-0.2, 0) is 19.1 Å². The predicted molar refractivity (Wildman–Crippen MR) is 49.4 cm³/mol. The number of ether oxygens (including phenoxy) is 2. The molecule has 0 amide bonds. The van der Waals surface area contributed by atoms with Crippen LogP contribution < -0.4 is 0 Å². The summed E-state index contributed by atoms with van der Waals surface area (Å²) in [5.74, 6) is -1.92. The number of hydrogen-bond acceptors (Lipinski definition) is 4. The van der Waals surface area contributed by atoms with Crippen LogP contribution in [0.1, 0.15) is 12.8 Å². The molecule has 0 aromatic rings. The van der Waals surface area contributed by atoms with E-state index < -0.39 is 17.9 Å². The van der Waals surface area contributed by atoms with E-state index in [2.05, 4.69) is 9.47 Å². The lowest BCUT2D eigenvalue weighted by molar-refractivity contribution is -0.160. The topological polar surface area (TPSA) is 52.6 Å². The van der Waals surface area contributed by atoms with Gasteiger partial charge in [-0.2, -0.15) is 0 Å². The maximum Gasteiger partial charge on any atom is 0.320 e. The Morgan fingerprint density at radius 2 is 1.86 bits per heavy atom. The van der Waals surface area contributed by atoms with Gasteiger partial charge in [0.25, 0.3) is 0 Å². The van der Waals surface area contributed by atoms with Crippen molar-refractivity contribution in [3.05, 3.63) is 12.2 Å². The highest BCUT2D eigenvalue weighted by atomic mass is 16.5. The van der Waals surface area contributed by atoms with Crippen LogP contribution in [0.15, 0.2) is 12.2 Å². The van der Waals surface area contributed by atoms with Gasteiger partial charge in [0, 0.05) is 5.92 Å². The number of allylic oxidation sites excluding steroid dienone is 2. The van der Waals surface area contributed by atoms with Crippen molar-refractivity contribution in [2.75, 3.05) is 14.2 Å². The summed E-state index contributed by atoms with van der Waals surface area (Å²) in [5.41, 5.74) is 0. The van der Waals surface area contributed by atoms with Gasteiger partial charge in [0.1, 0.15) is 0 Å². The molecular formula is C10H14O4. The summed E-state index contributed by atoms with van der Waals surface area (Å²) < 4.78 is 9.15. The summed E-state index contributed by atoms with van der Waals surface area (Å²) in [6.45, 7) is 0. The molecule has 1 atom stereocenters. The standard InChI is InChI=1S/C10H14O4/c1-13-9(11)8(10(12)14-2)7-5-3-4-6-7/h3,5,7-8H,4,6H2,1-2H3/t7-/m1/s1. The highest BCUT2D eigenvalue weighted by Gasteiger charge is 2.36. The Morgan fingerprint density at radius 1 is 1.29 bits per heavy atom. The second-order valence-electron chi connectivity index (χ2n) is 3.19. The molecule has 14 heavy (non-hydrogen) atoms. The van der Waals surface area contributed by atoms with Gasteiger partial charge in [-0.15, -0.1) is 0 Å². The van der Waals surface area contributed by atoms with E-state index in [9.17, 15) is 9.59 Å². The molecule has 0 bridgehead atoms. The number of methoxy groups -OCH3 is 2. The number of hydrogen-bond donors (Lipinski definition) is 0. The van der Waals surface area contributed by atoms with Crippen LogP contribution in [-0.4, -0.2) is 26.2 Å². The van der Waals surface area contributed by atoms with Gasteiger partial charge in [0.2, 0.25) is 0 Å². The zero-order valence-corrected chi connectivity index (χ0v) is 8.36. The first-order valence-electron chi connectivity index (χ1n) is 4.53. The van der Waals surface area contributed by atoms with Gasteiger partial charge in [-0.05, 0) is 12.8 Å². The minimum absolute atomic E-state index is 0.0742. The Morgan fingerprint density at radius 3 is 2.21 bits per heavy atom. The molecule has 0 radical (unpaired) electrons. The minimum Gasteiger partial charge on any atom is -0.468 e. The molecule has 78 valence electrons.